The molecule has 60 heavy (non-hydrogen) atoms. The Morgan fingerprint density at radius 2 is 0.900 bits per heavy atom. The summed E-state index contributed by atoms with van der Waals surface area (Å²) in [4.78, 5) is 26.1. The molecule has 0 rings (SSSR count). The molecule has 0 aliphatic carbocycles. The van der Waals surface area contributed by atoms with Crippen LogP contribution in [0, 0.1) is 0 Å². The zero-order valence-corrected chi connectivity index (χ0v) is 39.6. The van der Waals surface area contributed by atoms with E-state index >= 15 is 0 Å². The normalized spacial score (nSPS) is 13.8. The summed E-state index contributed by atoms with van der Waals surface area (Å²) in [6.07, 6.45) is 58.6. The van der Waals surface area contributed by atoms with Crippen molar-refractivity contribution in [3.8, 4) is 0 Å². The van der Waals surface area contributed by atoms with Crippen LogP contribution in [0.3, 0.4) is 0 Å². The molecule has 0 radical (unpaired) electrons. The lowest BCUT2D eigenvalue weighted by Crippen LogP contribution is -2.46. The summed E-state index contributed by atoms with van der Waals surface area (Å²) in [7, 11) is 0. The minimum atomic E-state index is -0.802. The average molecular weight is 840 g/mol. The van der Waals surface area contributed by atoms with E-state index in [2.05, 4.69) is 74.7 Å². The van der Waals surface area contributed by atoms with Crippen LogP contribution >= 0.6 is 0 Å². The molecule has 0 aromatic rings. The number of unbranched alkanes of at least 4 members (excludes halogenated alkanes) is 26. The largest absolute Gasteiger partial charge is 0.462 e. The maximum atomic E-state index is 13.2. The first kappa shape index (κ1) is 57.6. The number of hydrogen-bond acceptors (Lipinski definition) is 5. The molecule has 0 saturated carbocycles. The number of allylic oxidation sites excluding steroid dienone is 10. The number of amides is 1. The van der Waals surface area contributed by atoms with Crippen LogP contribution in [-0.4, -0.2) is 46.9 Å². The molecule has 0 bridgehead atoms. The predicted molar refractivity (Wildman–Crippen MR) is 259 cm³/mol. The fourth-order valence-electron chi connectivity index (χ4n) is 7.54. The minimum absolute atomic E-state index is 0.0427. The van der Waals surface area contributed by atoms with E-state index in [1.165, 1.54) is 116 Å². The van der Waals surface area contributed by atoms with Crippen molar-refractivity contribution >= 4 is 11.9 Å². The molecule has 0 fully saturated rings. The van der Waals surface area contributed by atoms with Gasteiger partial charge in [-0.25, -0.2) is 0 Å². The van der Waals surface area contributed by atoms with E-state index in [1.54, 1.807) is 0 Å². The monoisotopic (exact) mass is 840 g/mol. The highest BCUT2D eigenvalue weighted by Gasteiger charge is 2.24. The van der Waals surface area contributed by atoms with Crippen LogP contribution in [0.1, 0.15) is 245 Å². The van der Waals surface area contributed by atoms with E-state index in [4.69, 9.17) is 4.74 Å². The first-order valence-corrected chi connectivity index (χ1v) is 25.6. The molecule has 348 valence electrons. The Labute approximate surface area is 371 Å². The Bertz CT molecular complexity index is 1080. The molecule has 6 nitrogen and oxygen atoms in total. The third kappa shape index (κ3) is 42.3. The van der Waals surface area contributed by atoms with Gasteiger partial charge in [0.25, 0.3) is 0 Å². The van der Waals surface area contributed by atoms with Crippen molar-refractivity contribution in [3.63, 3.8) is 0 Å². The van der Waals surface area contributed by atoms with Gasteiger partial charge in [0.05, 0.1) is 25.2 Å². The Morgan fingerprint density at radius 3 is 1.38 bits per heavy atom. The summed E-state index contributed by atoms with van der Waals surface area (Å²) in [5.74, 6) is -0.540. The van der Waals surface area contributed by atoms with Crippen LogP contribution in [-0.2, 0) is 14.3 Å². The fraction of sp³-hybridized carbons (Fsp3) is 0.778. The second kappa shape index (κ2) is 47.6. The highest BCUT2D eigenvalue weighted by atomic mass is 16.5. The molecular weight excluding hydrogens is 743 g/mol. The molecular formula is C54H97NO5. The topological polar surface area (TPSA) is 95.9 Å². The van der Waals surface area contributed by atoms with E-state index in [0.717, 1.165) is 83.5 Å². The van der Waals surface area contributed by atoms with Gasteiger partial charge >= 0.3 is 5.97 Å². The summed E-state index contributed by atoms with van der Waals surface area (Å²) < 4.78 is 5.89. The standard InChI is InChI=1S/C54H97NO5/c1-4-7-10-13-16-19-22-24-26-27-29-32-35-38-41-44-47-54(59)60-50(45-42-39-36-33-30-21-18-15-12-9-6-3)48-53(58)55-51(49-56)52(57)46-43-40-37-34-31-28-25-23-20-17-14-11-8-5-2/h9,12,15,18,21,26-27,29-30,32,50-52,56-57H,4-8,10-11,13-14,16-17,19-20,22-25,28,31,33-49H2,1-3H3,(H,55,58)/b12-9+,18-15+,27-26+,30-21-,32-29+. The van der Waals surface area contributed by atoms with Gasteiger partial charge in [-0.3, -0.25) is 9.59 Å². The number of ether oxygens (including phenoxy) is 1. The van der Waals surface area contributed by atoms with Gasteiger partial charge in [-0.1, -0.05) is 223 Å². The highest BCUT2D eigenvalue weighted by molar-refractivity contribution is 5.77. The molecule has 0 spiro atoms. The van der Waals surface area contributed by atoms with Gasteiger partial charge in [0.2, 0.25) is 5.91 Å². The van der Waals surface area contributed by atoms with Crippen LogP contribution in [0.4, 0.5) is 0 Å². The van der Waals surface area contributed by atoms with Crippen LogP contribution in [0.25, 0.3) is 0 Å². The van der Waals surface area contributed by atoms with Gasteiger partial charge in [0, 0.05) is 6.42 Å². The molecule has 3 N–H and O–H groups in total. The number of carbonyl (C=O) groups excluding carboxylic acids is 2. The number of aliphatic hydroxyl groups excluding tert-OH is 2. The zero-order valence-electron chi connectivity index (χ0n) is 39.6. The quantitative estimate of drug-likeness (QED) is 0.0322. The van der Waals surface area contributed by atoms with Gasteiger partial charge in [-0.05, 0) is 70.6 Å². The van der Waals surface area contributed by atoms with Crippen molar-refractivity contribution in [2.75, 3.05) is 6.61 Å². The van der Waals surface area contributed by atoms with E-state index in [1.807, 2.05) is 12.2 Å². The Morgan fingerprint density at radius 1 is 0.500 bits per heavy atom. The van der Waals surface area contributed by atoms with Gasteiger partial charge in [-0.15, -0.1) is 0 Å². The Hall–Kier alpha value is -2.44. The number of rotatable bonds is 45. The number of nitrogens with one attached hydrogen (secondary N) is 1. The maximum Gasteiger partial charge on any atom is 0.306 e. The van der Waals surface area contributed by atoms with Crippen molar-refractivity contribution in [3.05, 3.63) is 60.8 Å². The lowest BCUT2D eigenvalue weighted by molar-refractivity contribution is -0.151. The van der Waals surface area contributed by atoms with Crippen molar-refractivity contribution in [1.29, 1.82) is 0 Å². The predicted octanol–water partition coefficient (Wildman–Crippen LogP) is 15.2. The van der Waals surface area contributed by atoms with Crippen LogP contribution < -0.4 is 5.32 Å². The molecule has 1 amide bonds. The lowest BCUT2D eigenvalue weighted by Gasteiger charge is -2.24. The number of carbonyl (C=O) groups is 2. The van der Waals surface area contributed by atoms with E-state index in [0.29, 0.717) is 19.3 Å². The zero-order chi connectivity index (χ0) is 43.8. The second-order valence-electron chi connectivity index (χ2n) is 17.3. The van der Waals surface area contributed by atoms with Gasteiger partial charge in [-0.2, -0.15) is 0 Å². The minimum Gasteiger partial charge on any atom is -0.462 e. The molecule has 3 unspecified atom stereocenters. The third-order valence-corrected chi connectivity index (χ3v) is 11.4. The van der Waals surface area contributed by atoms with Gasteiger partial charge in [0.1, 0.15) is 6.10 Å². The number of hydrogen-bond donors (Lipinski definition) is 3. The molecule has 0 aromatic heterocycles. The van der Waals surface area contributed by atoms with Crippen molar-refractivity contribution < 1.29 is 24.5 Å². The number of esters is 1. The summed E-state index contributed by atoms with van der Waals surface area (Å²) in [5.41, 5.74) is 0. The molecule has 0 aromatic carbocycles. The summed E-state index contributed by atoms with van der Waals surface area (Å²) in [6, 6.07) is -0.719. The van der Waals surface area contributed by atoms with E-state index in [9.17, 15) is 19.8 Å². The van der Waals surface area contributed by atoms with Crippen molar-refractivity contribution in [1.82, 2.24) is 5.32 Å². The Balaban J connectivity index is 4.60. The van der Waals surface area contributed by atoms with E-state index < -0.39 is 18.2 Å². The summed E-state index contributed by atoms with van der Waals surface area (Å²) >= 11 is 0. The Kier molecular flexibility index (Phi) is 45.7. The molecule has 0 heterocycles. The van der Waals surface area contributed by atoms with Crippen molar-refractivity contribution in [2.45, 2.75) is 264 Å². The highest BCUT2D eigenvalue weighted by Crippen LogP contribution is 2.17. The first-order chi connectivity index (χ1) is 29.5. The molecule has 6 heteroatoms. The molecule has 0 aliphatic rings. The summed E-state index contributed by atoms with van der Waals surface area (Å²) in [6.45, 7) is 6.33. The first-order valence-electron chi connectivity index (χ1n) is 25.6. The van der Waals surface area contributed by atoms with Crippen LogP contribution in [0.15, 0.2) is 60.8 Å². The third-order valence-electron chi connectivity index (χ3n) is 11.4. The fourth-order valence-corrected chi connectivity index (χ4v) is 7.54. The van der Waals surface area contributed by atoms with E-state index in [-0.39, 0.29) is 24.9 Å². The lowest BCUT2D eigenvalue weighted by atomic mass is 10.0. The van der Waals surface area contributed by atoms with Gasteiger partial charge in [0.15, 0.2) is 0 Å². The van der Waals surface area contributed by atoms with Gasteiger partial charge < -0.3 is 20.3 Å². The second-order valence-corrected chi connectivity index (χ2v) is 17.3. The number of aliphatic hydroxyl groups is 2. The van der Waals surface area contributed by atoms with Crippen LogP contribution in [0.2, 0.25) is 0 Å². The van der Waals surface area contributed by atoms with Crippen LogP contribution in [0.5, 0.6) is 0 Å². The average Bonchev–Trinajstić information content (AvgIpc) is 3.24. The SMILES string of the molecule is CC/C=C/C=C/C=C\CCCCCC(CC(=O)NC(CO)C(O)CCCCCCCCCCCCCCCC)OC(=O)CCCCC/C=C/C=C/CCCCCCCCC. The smallest absolute Gasteiger partial charge is 0.306 e. The summed E-state index contributed by atoms with van der Waals surface area (Å²) in [5, 5.41) is 23.7. The molecule has 0 aliphatic heterocycles. The molecule has 0 saturated heterocycles. The van der Waals surface area contributed by atoms with Crippen molar-refractivity contribution in [2.24, 2.45) is 0 Å². The molecule has 3 atom stereocenters. The maximum absolute atomic E-state index is 13.2.